The lowest BCUT2D eigenvalue weighted by Gasteiger charge is -1.89. The van der Waals surface area contributed by atoms with E-state index in [1.807, 2.05) is 58.0 Å². The first-order valence-corrected chi connectivity index (χ1v) is 5.30. The summed E-state index contributed by atoms with van der Waals surface area (Å²) in [5.74, 6) is 0. The lowest BCUT2D eigenvalue weighted by Crippen LogP contribution is -1.73. The van der Waals surface area contributed by atoms with Gasteiger partial charge in [-0.05, 0) is 5.16 Å². The van der Waals surface area contributed by atoms with Crippen LogP contribution in [0.1, 0.15) is 27.7 Å². The largest absolute Gasteiger partial charge is 0.244 e. The normalized spacial score (nSPS) is 8.00. The third kappa shape index (κ3) is 4.40. The Morgan fingerprint density at radius 2 is 1.53 bits per heavy atom. The average Bonchev–Trinajstić information content (AvgIpc) is 2.89. The molecule has 1 aromatic carbocycles. The summed E-state index contributed by atoms with van der Waals surface area (Å²) >= 11 is 0. The second-order valence-electron chi connectivity index (χ2n) is 2.16. The summed E-state index contributed by atoms with van der Waals surface area (Å²) in [7, 11) is 0. The molecule has 0 N–H and O–H groups in total. The highest BCUT2D eigenvalue weighted by Crippen LogP contribution is 2.13. The molecule has 15 heavy (non-hydrogen) atoms. The minimum Gasteiger partial charge on any atom is -0.244 e. The van der Waals surface area contributed by atoms with Gasteiger partial charge < -0.3 is 0 Å². The van der Waals surface area contributed by atoms with E-state index in [2.05, 4.69) is 14.9 Å². The molecule has 0 saturated carbocycles. The summed E-state index contributed by atoms with van der Waals surface area (Å²) in [6.07, 6.45) is 1.59. The van der Waals surface area contributed by atoms with Crippen LogP contribution in [0.4, 0.5) is 0 Å². The van der Waals surface area contributed by atoms with E-state index in [0.29, 0.717) is 0 Å². The lowest BCUT2D eigenvalue weighted by atomic mass is 10.2. The van der Waals surface area contributed by atoms with Crippen molar-refractivity contribution in [3.8, 4) is 11.3 Å². The van der Waals surface area contributed by atoms with Crippen molar-refractivity contribution in [3.63, 3.8) is 0 Å². The predicted molar refractivity (Wildman–Crippen MR) is 62.4 cm³/mol. The first-order valence-electron chi connectivity index (χ1n) is 5.30. The summed E-state index contributed by atoms with van der Waals surface area (Å²) in [5, 5.41) is 7.21. The molecule has 0 atom stereocenters. The van der Waals surface area contributed by atoms with Crippen LogP contribution in [0.2, 0.25) is 0 Å². The summed E-state index contributed by atoms with van der Waals surface area (Å²) in [6.45, 7) is 8.00. The molecule has 3 heteroatoms. The Balaban J connectivity index is 0.000000442. The molecule has 0 unspecified atom stereocenters. The maximum Gasteiger partial charge on any atom is 0.135 e. The van der Waals surface area contributed by atoms with E-state index in [-0.39, 0.29) is 0 Å². The molecule has 82 valence electrons. The quantitative estimate of drug-likeness (QED) is 0.712. The Kier molecular flexibility index (Phi) is 7.96. The molecule has 1 heterocycles. The fraction of sp³-hybridized carbons (Fsp3) is 0.333. The molecule has 0 aliphatic rings. The van der Waals surface area contributed by atoms with Crippen LogP contribution < -0.4 is 0 Å². The fourth-order valence-electron chi connectivity index (χ4n) is 0.901. The number of hydrogen-bond donors (Lipinski definition) is 0. The third-order valence-electron chi connectivity index (χ3n) is 1.43. The zero-order chi connectivity index (χ0) is 11.5. The molecule has 1 aromatic heterocycles. The van der Waals surface area contributed by atoms with E-state index < -0.39 is 0 Å². The molecule has 0 fully saturated rings. The van der Waals surface area contributed by atoms with Crippen molar-refractivity contribution in [3.05, 3.63) is 36.5 Å². The molecular weight excluding hydrogens is 188 g/mol. The van der Waals surface area contributed by atoms with Crippen molar-refractivity contribution in [2.45, 2.75) is 27.7 Å². The van der Waals surface area contributed by atoms with E-state index in [1.54, 1.807) is 6.20 Å². The van der Waals surface area contributed by atoms with Crippen LogP contribution in [0, 0.1) is 0 Å². The van der Waals surface area contributed by atoms with Gasteiger partial charge in [-0.15, -0.1) is 0 Å². The zero-order valence-electron chi connectivity index (χ0n) is 9.77. The van der Waals surface area contributed by atoms with Crippen LogP contribution >= 0.6 is 0 Å². The van der Waals surface area contributed by atoms with Crippen molar-refractivity contribution in [1.29, 1.82) is 0 Å². The Hall–Kier alpha value is -1.64. The standard InChI is InChI=1S/C8H6N2O.2C2H6/c1-2-4-7(5-3-1)8-6-9-11-10-8;2*1-2/h1-6H;2*1-2H3. The number of hydrogen-bond acceptors (Lipinski definition) is 3. The smallest absolute Gasteiger partial charge is 0.135 e. The summed E-state index contributed by atoms with van der Waals surface area (Å²) in [5.41, 5.74) is 1.79. The van der Waals surface area contributed by atoms with Gasteiger partial charge in [-0.3, -0.25) is 0 Å². The van der Waals surface area contributed by atoms with Gasteiger partial charge in [0.2, 0.25) is 0 Å². The summed E-state index contributed by atoms with van der Waals surface area (Å²) < 4.78 is 4.47. The minimum absolute atomic E-state index is 0.769. The molecule has 0 saturated heterocycles. The van der Waals surface area contributed by atoms with Crippen LogP contribution in [0.15, 0.2) is 41.2 Å². The highest BCUT2D eigenvalue weighted by Gasteiger charge is 1.98. The second-order valence-corrected chi connectivity index (χ2v) is 2.16. The van der Waals surface area contributed by atoms with Crippen molar-refractivity contribution >= 4 is 0 Å². The molecule has 0 amide bonds. The van der Waals surface area contributed by atoms with Crippen LogP contribution in [0.5, 0.6) is 0 Å². The van der Waals surface area contributed by atoms with Crippen molar-refractivity contribution in [2.75, 3.05) is 0 Å². The first kappa shape index (κ1) is 13.4. The average molecular weight is 206 g/mol. The van der Waals surface area contributed by atoms with Gasteiger partial charge in [0.1, 0.15) is 5.69 Å². The van der Waals surface area contributed by atoms with E-state index in [4.69, 9.17) is 0 Å². The van der Waals surface area contributed by atoms with E-state index >= 15 is 0 Å². The summed E-state index contributed by atoms with van der Waals surface area (Å²) in [4.78, 5) is 0. The maximum atomic E-state index is 4.47. The SMILES string of the molecule is CC.CC.c1ccc(-c2cnon2)cc1. The number of benzene rings is 1. The fourth-order valence-corrected chi connectivity index (χ4v) is 0.901. The third-order valence-corrected chi connectivity index (χ3v) is 1.43. The molecule has 3 nitrogen and oxygen atoms in total. The molecule has 0 aliphatic carbocycles. The van der Waals surface area contributed by atoms with Crippen molar-refractivity contribution in [2.24, 2.45) is 0 Å². The maximum absolute atomic E-state index is 4.47. The van der Waals surface area contributed by atoms with Gasteiger partial charge in [0, 0.05) is 5.56 Å². The summed E-state index contributed by atoms with van der Waals surface area (Å²) in [6, 6.07) is 9.77. The molecule has 0 radical (unpaired) electrons. The van der Waals surface area contributed by atoms with Crippen molar-refractivity contribution < 1.29 is 4.63 Å². The first-order chi connectivity index (χ1) is 7.47. The van der Waals surface area contributed by atoms with Crippen LogP contribution in [-0.4, -0.2) is 10.3 Å². The van der Waals surface area contributed by atoms with Gasteiger partial charge in [0.15, 0.2) is 0 Å². The van der Waals surface area contributed by atoms with Gasteiger partial charge in [-0.1, -0.05) is 63.2 Å². The van der Waals surface area contributed by atoms with E-state index in [0.717, 1.165) is 11.3 Å². The molecule has 2 rings (SSSR count). The van der Waals surface area contributed by atoms with Crippen molar-refractivity contribution in [1.82, 2.24) is 10.3 Å². The van der Waals surface area contributed by atoms with Crippen LogP contribution in [-0.2, 0) is 0 Å². The number of aromatic nitrogens is 2. The molecule has 0 spiro atoms. The highest BCUT2D eigenvalue weighted by molar-refractivity contribution is 5.56. The van der Waals surface area contributed by atoms with Gasteiger partial charge >= 0.3 is 0 Å². The Labute approximate surface area is 91.1 Å². The Morgan fingerprint density at radius 1 is 0.933 bits per heavy atom. The monoisotopic (exact) mass is 206 g/mol. The predicted octanol–water partition coefficient (Wildman–Crippen LogP) is 3.79. The van der Waals surface area contributed by atoms with Crippen LogP contribution in [0.25, 0.3) is 11.3 Å². The highest BCUT2D eigenvalue weighted by atomic mass is 16.6. The zero-order valence-corrected chi connectivity index (χ0v) is 9.77. The Bertz CT molecular complexity index is 317. The topological polar surface area (TPSA) is 38.9 Å². The Morgan fingerprint density at radius 3 is 2.00 bits per heavy atom. The minimum atomic E-state index is 0.769. The lowest BCUT2D eigenvalue weighted by molar-refractivity contribution is 0.308. The number of nitrogens with zero attached hydrogens (tertiary/aromatic N) is 2. The molecular formula is C12H18N2O. The molecule has 0 bridgehead atoms. The van der Waals surface area contributed by atoms with Gasteiger partial charge in [0.25, 0.3) is 0 Å². The second kappa shape index (κ2) is 8.94. The van der Waals surface area contributed by atoms with Gasteiger partial charge in [-0.25, -0.2) is 4.63 Å². The molecule has 0 aliphatic heterocycles. The molecule has 2 aromatic rings. The number of rotatable bonds is 1. The van der Waals surface area contributed by atoms with E-state index in [1.165, 1.54) is 0 Å². The van der Waals surface area contributed by atoms with Gasteiger partial charge in [-0.2, -0.15) is 0 Å². The van der Waals surface area contributed by atoms with Gasteiger partial charge in [0.05, 0.1) is 6.20 Å². The van der Waals surface area contributed by atoms with Crippen LogP contribution in [0.3, 0.4) is 0 Å². The van der Waals surface area contributed by atoms with E-state index in [9.17, 15) is 0 Å².